The number of hydroxylamine groups is 4. The van der Waals surface area contributed by atoms with Crippen molar-refractivity contribution in [2.24, 2.45) is 0 Å². The number of benzene rings is 4. The average molecular weight is 985 g/mol. The molecule has 0 bridgehead atoms. The topological polar surface area (TPSA) is 249 Å². The molecule has 0 aliphatic heterocycles. The van der Waals surface area contributed by atoms with Crippen LogP contribution < -0.4 is 31.6 Å². The second-order valence-electron chi connectivity index (χ2n) is 12.8. The SMILES string of the molecule is COc1ccc(C(C)ON(CCC(O[P+](=O)[O-])c2ccc(Cl)c(Cl)c2)C(C)=O)cc1.COc1ccc(C(C)ON(CCC(O[P+](=O)[O-])c2ccc(Cl)c(Cl)c2)C(C)=O)cc1.[NH4+].[NH4+]. The number of rotatable bonds is 20. The van der Waals surface area contributed by atoms with Crippen LogP contribution in [0, 0.1) is 0 Å². The Bertz CT molecular complexity index is 1910. The highest BCUT2D eigenvalue weighted by Gasteiger charge is 2.26. The molecule has 22 heteroatoms. The maximum atomic E-state index is 12.1. The number of nitrogens with zero attached hydrogens (tertiary/aromatic N) is 2. The van der Waals surface area contributed by atoms with Gasteiger partial charge in [-0.3, -0.25) is 19.3 Å². The monoisotopic (exact) mass is 982 g/mol. The van der Waals surface area contributed by atoms with E-state index in [1.165, 1.54) is 36.1 Å². The summed E-state index contributed by atoms with van der Waals surface area (Å²) in [5.74, 6) is 0.773. The molecule has 4 aromatic rings. The number of hydrogen-bond acceptors (Lipinski definition) is 12. The van der Waals surface area contributed by atoms with E-state index in [0.717, 1.165) is 11.1 Å². The zero-order valence-corrected chi connectivity index (χ0v) is 40.2. The fourth-order valence-electron chi connectivity index (χ4n) is 5.48. The standard InChI is InChI=1S/2C20H22Cl2NO6P.2H3N/c2*1-13(15-4-7-17(27-3)8-5-15)28-23(14(2)24)11-10-20(29-30(25)26)16-6-9-18(21)19(22)12-16;;/h2*4-9,12-13,20H,10-11H2,1-3H3;2*1H3/p+2. The molecule has 16 nitrogen and oxygen atoms in total. The average Bonchev–Trinajstić information content (AvgIpc) is 3.21. The number of methoxy groups -OCH3 is 2. The highest BCUT2D eigenvalue weighted by Crippen LogP contribution is 2.35. The summed E-state index contributed by atoms with van der Waals surface area (Å²) in [5, 5.41) is 3.59. The van der Waals surface area contributed by atoms with Gasteiger partial charge in [0.25, 0.3) is 0 Å². The van der Waals surface area contributed by atoms with Crippen LogP contribution in [0.1, 0.15) is 87.2 Å². The summed E-state index contributed by atoms with van der Waals surface area (Å²) in [6.07, 6.45) is -2.20. The van der Waals surface area contributed by atoms with Gasteiger partial charge in [-0.25, -0.2) is 10.1 Å². The summed E-state index contributed by atoms with van der Waals surface area (Å²) >= 11 is 23.9. The second-order valence-corrected chi connectivity index (χ2v) is 15.8. The van der Waals surface area contributed by atoms with Crippen LogP contribution in [0.15, 0.2) is 84.9 Å². The molecule has 0 heterocycles. The molecule has 4 rings (SSSR count). The van der Waals surface area contributed by atoms with Crippen molar-refractivity contribution in [3.63, 3.8) is 0 Å². The number of amides is 2. The van der Waals surface area contributed by atoms with Gasteiger partial charge in [0.05, 0.1) is 47.4 Å². The third kappa shape index (κ3) is 18.7. The molecular formula is C40H52Cl4N4O12P2+2. The zero-order chi connectivity index (χ0) is 44.5. The Morgan fingerprint density at radius 2 is 0.871 bits per heavy atom. The molecule has 0 aliphatic rings. The van der Waals surface area contributed by atoms with Crippen LogP contribution in [0.5, 0.6) is 11.5 Å². The van der Waals surface area contributed by atoms with Gasteiger partial charge in [0, 0.05) is 26.7 Å². The Kier molecular flexibility index (Phi) is 25.8. The molecule has 2 amide bonds. The van der Waals surface area contributed by atoms with Gasteiger partial charge >= 0.3 is 16.5 Å². The van der Waals surface area contributed by atoms with E-state index < -0.39 is 40.9 Å². The van der Waals surface area contributed by atoms with E-state index >= 15 is 0 Å². The molecule has 0 aliphatic carbocycles. The maximum absolute atomic E-state index is 12.1. The Morgan fingerprint density at radius 3 is 1.13 bits per heavy atom. The van der Waals surface area contributed by atoms with Crippen molar-refractivity contribution in [2.45, 2.75) is 65.0 Å². The molecular weight excluding hydrogens is 932 g/mol. The van der Waals surface area contributed by atoms with Gasteiger partial charge < -0.3 is 31.6 Å². The van der Waals surface area contributed by atoms with Crippen LogP contribution in [-0.2, 0) is 37.4 Å². The number of ether oxygens (including phenoxy) is 2. The molecule has 0 saturated heterocycles. The van der Waals surface area contributed by atoms with Gasteiger partial charge in [-0.05, 0) is 93.8 Å². The van der Waals surface area contributed by atoms with Crippen LogP contribution in [0.2, 0.25) is 20.1 Å². The molecule has 0 aromatic heterocycles. The largest absolute Gasteiger partial charge is 0.566 e. The number of halogens is 4. The van der Waals surface area contributed by atoms with Crippen LogP contribution in [0.25, 0.3) is 0 Å². The van der Waals surface area contributed by atoms with Gasteiger partial charge in [-0.1, -0.05) is 82.8 Å². The van der Waals surface area contributed by atoms with Gasteiger partial charge in [0.2, 0.25) is 11.8 Å². The van der Waals surface area contributed by atoms with Gasteiger partial charge in [-0.15, -0.1) is 9.05 Å². The van der Waals surface area contributed by atoms with Crippen molar-refractivity contribution in [1.82, 2.24) is 22.4 Å². The Balaban J connectivity index is 0.000000601. The van der Waals surface area contributed by atoms with E-state index in [1.54, 1.807) is 76.6 Å². The van der Waals surface area contributed by atoms with Crippen molar-refractivity contribution in [2.75, 3.05) is 27.3 Å². The molecule has 6 atom stereocenters. The lowest BCUT2D eigenvalue weighted by Crippen LogP contribution is -2.32. The third-order valence-corrected chi connectivity index (χ3v) is 11.0. The van der Waals surface area contributed by atoms with E-state index in [0.29, 0.717) is 32.7 Å². The quantitative estimate of drug-likeness (QED) is 0.0620. The first-order chi connectivity index (χ1) is 28.4. The lowest BCUT2D eigenvalue weighted by molar-refractivity contribution is -0.207. The molecule has 8 N–H and O–H groups in total. The number of hydrogen-bond donors (Lipinski definition) is 2. The first-order valence-corrected chi connectivity index (χ1v) is 21.8. The highest BCUT2D eigenvalue weighted by molar-refractivity contribution is 7.30. The fourth-order valence-corrected chi connectivity index (χ4v) is 6.97. The molecule has 4 aromatic carbocycles. The predicted molar refractivity (Wildman–Crippen MR) is 237 cm³/mol. The maximum Gasteiger partial charge on any atom is 0.489 e. The minimum atomic E-state index is -3.12. The summed E-state index contributed by atoms with van der Waals surface area (Å²) in [6.45, 7) is 6.54. The lowest BCUT2D eigenvalue weighted by atomic mass is 10.1. The van der Waals surface area contributed by atoms with Gasteiger partial charge in [0.1, 0.15) is 35.9 Å². The summed E-state index contributed by atoms with van der Waals surface area (Å²) in [4.78, 5) is 58.0. The van der Waals surface area contributed by atoms with Gasteiger partial charge in [0.15, 0.2) is 0 Å². The number of carbonyl (C=O) groups excluding carboxylic acids is 2. The van der Waals surface area contributed by atoms with Crippen LogP contribution in [0.3, 0.4) is 0 Å². The lowest BCUT2D eigenvalue weighted by Gasteiger charge is -2.26. The van der Waals surface area contributed by atoms with Crippen molar-refractivity contribution in [3.05, 3.63) is 127 Å². The highest BCUT2D eigenvalue weighted by atomic mass is 35.5. The van der Waals surface area contributed by atoms with Gasteiger partial charge in [-0.2, -0.15) is 0 Å². The molecule has 62 heavy (non-hydrogen) atoms. The third-order valence-electron chi connectivity index (χ3n) is 8.69. The van der Waals surface area contributed by atoms with Crippen LogP contribution in [-0.4, -0.2) is 49.2 Å². The zero-order valence-electron chi connectivity index (χ0n) is 35.4. The van der Waals surface area contributed by atoms with E-state index in [2.05, 4.69) is 0 Å². The van der Waals surface area contributed by atoms with Crippen LogP contribution in [0.4, 0.5) is 0 Å². The summed E-state index contributed by atoms with van der Waals surface area (Å²) in [7, 11) is -3.08. The second kappa shape index (κ2) is 28.3. The molecule has 0 radical (unpaired) electrons. The number of carbonyl (C=O) groups is 2. The minimum absolute atomic E-state index is 0. The molecule has 6 unspecified atom stereocenters. The normalized spacial score (nSPS) is 13.0. The first-order valence-electron chi connectivity index (χ1n) is 18.1. The molecule has 0 fully saturated rings. The van der Waals surface area contributed by atoms with E-state index in [9.17, 15) is 28.5 Å². The summed E-state index contributed by atoms with van der Waals surface area (Å²) in [6, 6.07) is 24.0. The van der Waals surface area contributed by atoms with E-state index in [1.807, 2.05) is 24.3 Å². The van der Waals surface area contributed by atoms with Crippen LogP contribution >= 0.6 is 62.9 Å². The van der Waals surface area contributed by atoms with E-state index in [4.69, 9.17) is 74.6 Å². The smallest absolute Gasteiger partial charge is 0.489 e. The minimum Gasteiger partial charge on any atom is -0.566 e. The first kappa shape index (κ1) is 56.5. The van der Waals surface area contributed by atoms with Crippen molar-refractivity contribution in [1.29, 1.82) is 0 Å². The van der Waals surface area contributed by atoms with E-state index in [-0.39, 0.29) is 60.1 Å². The fraction of sp³-hybridized carbons (Fsp3) is 0.350. The number of quaternary nitrogens is 2. The molecule has 0 spiro atoms. The molecule has 0 saturated carbocycles. The Hall–Kier alpha value is -3.54. The summed E-state index contributed by atoms with van der Waals surface area (Å²) in [5.41, 5.74) is 2.74. The Labute approximate surface area is 383 Å². The summed E-state index contributed by atoms with van der Waals surface area (Å²) < 4.78 is 42.6. The van der Waals surface area contributed by atoms with Crippen molar-refractivity contribution < 1.29 is 56.7 Å². The van der Waals surface area contributed by atoms with Crippen molar-refractivity contribution >= 4 is 74.7 Å². The Morgan fingerprint density at radius 1 is 0.565 bits per heavy atom. The molecule has 340 valence electrons. The predicted octanol–water partition coefficient (Wildman–Crippen LogP) is 10.8. The van der Waals surface area contributed by atoms with Crippen molar-refractivity contribution in [3.8, 4) is 11.5 Å².